The van der Waals surface area contributed by atoms with E-state index in [-0.39, 0.29) is 11.3 Å². The number of amides is 1. The molecule has 0 bridgehead atoms. The van der Waals surface area contributed by atoms with Crippen LogP contribution in [0.5, 0.6) is 0 Å². The van der Waals surface area contributed by atoms with Gasteiger partial charge in [-0.3, -0.25) is 4.79 Å². The van der Waals surface area contributed by atoms with Crippen molar-refractivity contribution < 1.29 is 4.79 Å². The van der Waals surface area contributed by atoms with Crippen LogP contribution < -0.4 is 4.90 Å². The van der Waals surface area contributed by atoms with E-state index in [1.807, 2.05) is 4.90 Å². The first kappa shape index (κ1) is 15.1. The normalized spacial score (nSPS) is 22.3. The van der Waals surface area contributed by atoms with Gasteiger partial charge in [0.25, 0.3) is 0 Å². The summed E-state index contributed by atoms with van der Waals surface area (Å²) in [5, 5.41) is 0.206. The number of anilines is 1. The molecule has 1 aromatic carbocycles. The quantitative estimate of drug-likeness (QED) is 0.830. The van der Waals surface area contributed by atoms with Crippen LogP contribution >= 0.6 is 23.5 Å². The lowest BCUT2D eigenvalue weighted by Crippen LogP contribution is -2.30. The van der Waals surface area contributed by atoms with Gasteiger partial charge in [-0.05, 0) is 36.8 Å². The number of nitrogens with zero attached hydrogens (tertiary/aromatic N) is 2. The monoisotopic (exact) mass is 322 g/mol. The first-order valence-electron chi connectivity index (χ1n) is 7.54. The average Bonchev–Trinajstić information content (AvgIpc) is 3.15. The SMILES string of the molecule is CSCCN1C(=O)CSC1c1ccc(N2CCCC2)cc1. The minimum atomic E-state index is 0.206. The molecule has 3 rings (SSSR count). The van der Waals surface area contributed by atoms with Gasteiger partial charge in [0.1, 0.15) is 5.37 Å². The summed E-state index contributed by atoms with van der Waals surface area (Å²) in [4.78, 5) is 16.5. The number of hydrogen-bond acceptors (Lipinski definition) is 4. The Morgan fingerprint density at radius 2 is 1.95 bits per heavy atom. The van der Waals surface area contributed by atoms with Crippen molar-refractivity contribution in [1.82, 2.24) is 4.90 Å². The minimum Gasteiger partial charge on any atom is -0.372 e. The highest BCUT2D eigenvalue weighted by Crippen LogP contribution is 2.39. The van der Waals surface area contributed by atoms with Crippen LogP contribution in [0.15, 0.2) is 24.3 Å². The Hall–Kier alpha value is -0.810. The lowest BCUT2D eigenvalue weighted by Gasteiger charge is -2.25. The lowest BCUT2D eigenvalue weighted by molar-refractivity contribution is -0.127. The highest BCUT2D eigenvalue weighted by atomic mass is 32.2. The molecular weight excluding hydrogens is 300 g/mol. The van der Waals surface area contributed by atoms with Crippen LogP contribution in [-0.4, -0.2) is 48.2 Å². The summed E-state index contributed by atoms with van der Waals surface area (Å²) >= 11 is 3.55. The zero-order valence-electron chi connectivity index (χ0n) is 12.5. The maximum Gasteiger partial charge on any atom is 0.233 e. The van der Waals surface area contributed by atoms with Crippen LogP contribution in [0.3, 0.4) is 0 Å². The van der Waals surface area contributed by atoms with Gasteiger partial charge in [-0.2, -0.15) is 11.8 Å². The van der Waals surface area contributed by atoms with Crippen molar-refractivity contribution in [2.75, 3.05) is 42.3 Å². The van der Waals surface area contributed by atoms with E-state index in [0.717, 1.165) is 12.3 Å². The molecule has 114 valence electrons. The number of carbonyl (C=O) groups excluding carboxylic acids is 1. The molecule has 0 aliphatic carbocycles. The van der Waals surface area contributed by atoms with Crippen LogP contribution in [0, 0.1) is 0 Å². The Balaban J connectivity index is 1.71. The highest BCUT2D eigenvalue weighted by molar-refractivity contribution is 8.00. The highest BCUT2D eigenvalue weighted by Gasteiger charge is 2.32. The van der Waals surface area contributed by atoms with E-state index in [9.17, 15) is 4.79 Å². The zero-order valence-corrected chi connectivity index (χ0v) is 14.1. The Kier molecular flexibility index (Phi) is 5.01. The number of rotatable bonds is 5. The fourth-order valence-electron chi connectivity index (χ4n) is 2.99. The molecule has 1 amide bonds. The number of benzene rings is 1. The topological polar surface area (TPSA) is 23.6 Å². The van der Waals surface area contributed by atoms with Crippen LogP contribution in [0.4, 0.5) is 5.69 Å². The third-order valence-corrected chi connectivity index (χ3v) is 6.00. The summed E-state index contributed by atoms with van der Waals surface area (Å²) in [6.07, 6.45) is 4.70. The second-order valence-electron chi connectivity index (χ2n) is 5.53. The van der Waals surface area contributed by atoms with Crippen molar-refractivity contribution in [2.45, 2.75) is 18.2 Å². The van der Waals surface area contributed by atoms with E-state index in [1.165, 1.54) is 37.2 Å². The molecule has 2 aliphatic heterocycles. The lowest BCUT2D eigenvalue weighted by atomic mass is 10.1. The molecule has 0 spiro atoms. The molecule has 2 saturated heterocycles. The predicted molar refractivity (Wildman–Crippen MR) is 93.2 cm³/mol. The van der Waals surface area contributed by atoms with Crippen LogP contribution in [0.1, 0.15) is 23.8 Å². The average molecular weight is 322 g/mol. The van der Waals surface area contributed by atoms with Crippen LogP contribution in [0.25, 0.3) is 0 Å². The molecule has 2 heterocycles. The van der Waals surface area contributed by atoms with E-state index < -0.39 is 0 Å². The van der Waals surface area contributed by atoms with Crippen molar-refractivity contribution in [3.63, 3.8) is 0 Å². The predicted octanol–water partition coefficient (Wildman–Crippen LogP) is 3.22. The first-order chi connectivity index (χ1) is 10.3. The fourth-order valence-corrected chi connectivity index (χ4v) is 4.58. The van der Waals surface area contributed by atoms with Crippen molar-refractivity contribution >= 4 is 35.1 Å². The molecule has 3 nitrogen and oxygen atoms in total. The second kappa shape index (κ2) is 6.97. The van der Waals surface area contributed by atoms with Crippen molar-refractivity contribution in [2.24, 2.45) is 0 Å². The summed E-state index contributed by atoms with van der Waals surface area (Å²) in [5.41, 5.74) is 2.58. The van der Waals surface area contributed by atoms with Crippen molar-refractivity contribution in [3.8, 4) is 0 Å². The Morgan fingerprint density at radius 1 is 1.24 bits per heavy atom. The number of hydrogen-bond donors (Lipinski definition) is 0. The van der Waals surface area contributed by atoms with E-state index >= 15 is 0 Å². The summed E-state index contributed by atoms with van der Waals surface area (Å²) in [5.74, 6) is 1.91. The molecule has 2 aliphatic rings. The van der Waals surface area contributed by atoms with Crippen molar-refractivity contribution in [1.29, 1.82) is 0 Å². The van der Waals surface area contributed by atoms with Gasteiger partial charge in [-0.15, -0.1) is 11.8 Å². The van der Waals surface area contributed by atoms with E-state index in [4.69, 9.17) is 0 Å². The third-order valence-electron chi connectivity index (χ3n) is 4.15. The molecule has 21 heavy (non-hydrogen) atoms. The molecule has 1 aromatic rings. The van der Waals surface area contributed by atoms with Crippen LogP contribution in [-0.2, 0) is 4.79 Å². The Labute approximate surface area is 135 Å². The standard InChI is InChI=1S/C16H22N2OS2/c1-20-11-10-18-15(19)12-21-16(18)13-4-6-14(7-5-13)17-8-2-3-9-17/h4-7,16H,2-3,8-12H2,1H3. The third kappa shape index (κ3) is 3.34. The molecule has 0 saturated carbocycles. The summed E-state index contributed by atoms with van der Waals surface area (Å²) in [6.45, 7) is 3.21. The van der Waals surface area contributed by atoms with Crippen molar-refractivity contribution in [3.05, 3.63) is 29.8 Å². The molecule has 0 N–H and O–H groups in total. The number of carbonyl (C=O) groups is 1. The molecular formula is C16H22N2OS2. The van der Waals surface area contributed by atoms with Gasteiger partial charge in [-0.1, -0.05) is 12.1 Å². The van der Waals surface area contributed by atoms with Gasteiger partial charge in [-0.25, -0.2) is 0 Å². The largest absolute Gasteiger partial charge is 0.372 e. The first-order valence-corrected chi connectivity index (χ1v) is 9.99. The summed E-state index contributed by atoms with van der Waals surface area (Å²) < 4.78 is 0. The molecule has 5 heteroatoms. The van der Waals surface area contributed by atoms with Crippen LogP contribution in [0.2, 0.25) is 0 Å². The van der Waals surface area contributed by atoms with Gasteiger partial charge >= 0.3 is 0 Å². The fraction of sp³-hybridized carbons (Fsp3) is 0.562. The summed E-state index contributed by atoms with van der Waals surface area (Å²) in [6, 6.07) is 8.85. The smallest absolute Gasteiger partial charge is 0.233 e. The molecule has 1 atom stereocenters. The Morgan fingerprint density at radius 3 is 2.62 bits per heavy atom. The molecule has 2 fully saturated rings. The second-order valence-corrected chi connectivity index (χ2v) is 7.58. The van der Waals surface area contributed by atoms with E-state index in [0.29, 0.717) is 5.75 Å². The zero-order chi connectivity index (χ0) is 14.7. The van der Waals surface area contributed by atoms with Gasteiger partial charge in [0.15, 0.2) is 0 Å². The number of thioether (sulfide) groups is 2. The van der Waals surface area contributed by atoms with E-state index in [1.54, 1.807) is 23.5 Å². The minimum absolute atomic E-state index is 0.206. The van der Waals surface area contributed by atoms with Gasteiger partial charge in [0.05, 0.1) is 5.75 Å². The molecule has 0 radical (unpaired) electrons. The molecule has 1 unspecified atom stereocenters. The molecule has 0 aromatic heterocycles. The van der Waals surface area contributed by atoms with Gasteiger partial charge < -0.3 is 9.80 Å². The van der Waals surface area contributed by atoms with Gasteiger partial charge in [0, 0.05) is 31.1 Å². The van der Waals surface area contributed by atoms with E-state index in [2.05, 4.69) is 35.4 Å². The summed E-state index contributed by atoms with van der Waals surface area (Å²) in [7, 11) is 0. The maximum atomic E-state index is 12.0. The maximum absolute atomic E-state index is 12.0. The van der Waals surface area contributed by atoms with Gasteiger partial charge in [0.2, 0.25) is 5.91 Å². The Bertz CT molecular complexity index is 486.